The molecule has 0 amide bonds. The molecule has 2 fully saturated rings. The van der Waals surface area contributed by atoms with Crippen molar-refractivity contribution in [3.63, 3.8) is 0 Å². The van der Waals surface area contributed by atoms with E-state index in [2.05, 4.69) is 0 Å². The van der Waals surface area contributed by atoms with Crippen LogP contribution in [-0.4, -0.2) is 42.8 Å². The Labute approximate surface area is 76.8 Å². The van der Waals surface area contributed by atoms with Gasteiger partial charge in [0.1, 0.15) is 11.7 Å². The number of esters is 1. The predicted molar refractivity (Wildman–Crippen MR) is 45.1 cm³/mol. The van der Waals surface area contributed by atoms with E-state index in [1.807, 2.05) is 4.90 Å². The molecule has 74 valence electrons. The predicted octanol–water partition coefficient (Wildman–Crippen LogP) is 0.736. The van der Waals surface area contributed by atoms with Crippen molar-refractivity contribution < 1.29 is 13.9 Å². The summed E-state index contributed by atoms with van der Waals surface area (Å²) >= 11 is 0. The Bertz CT molecular complexity index is 234. The van der Waals surface area contributed by atoms with Crippen LogP contribution in [0.5, 0.6) is 0 Å². The summed E-state index contributed by atoms with van der Waals surface area (Å²) in [7, 11) is 1.37. The number of nitrogens with zero attached hydrogens (tertiary/aromatic N) is 1. The highest BCUT2D eigenvalue weighted by molar-refractivity contribution is 5.81. The number of ether oxygens (including phenoxy) is 1. The van der Waals surface area contributed by atoms with Gasteiger partial charge in [-0.2, -0.15) is 0 Å². The van der Waals surface area contributed by atoms with Crippen molar-refractivity contribution >= 4 is 5.97 Å². The SMILES string of the molecule is COC(=O)[C@@]12CCCN1CC(F)C2. The van der Waals surface area contributed by atoms with Gasteiger partial charge in [-0.3, -0.25) is 9.69 Å². The molecule has 2 saturated heterocycles. The quantitative estimate of drug-likeness (QED) is 0.567. The molecule has 3 nitrogen and oxygen atoms in total. The average Bonchev–Trinajstić information content (AvgIpc) is 2.59. The van der Waals surface area contributed by atoms with Gasteiger partial charge in [0.25, 0.3) is 0 Å². The average molecular weight is 187 g/mol. The van der Waals surface area contributed by atoms with Crippen LogP contribution in [0.2, 0.25) is 0 Å². The number of hydrogen-bond acceptors (Lipinski definition) is 3. The van der Waals surface area contributed by atoms with Crippen molar-refractivity contribution in [2.75, 3.05) is 20.2 Å². The Morgan fingerprint density at radius 3 is 3.15 bits per heavy atom. The van der Waals surface area contributed by atoms with E-state index in [1.54, 1.807) is 0 Å². The molecule has 0 N–H and O–H groups in total. The van der Waals surface area contributed by atoms with Gasteiger partial charge in [0, 0.05) is 13.0 Å². The fraction of sp³-hybridized carbons (Fsp3) is 0.889. The van der Waals surface area contributed by atoms with Crippen LogP contribution in [0.25, 0.3) is 0 Å². The van der Waals surface area contributed by atoms with E-state index >= 15 is 0 Å². The highest BCUT2D eigenvalue weighted by Gasteiger charge is 2.54. The molecule has 0 bridgehead atoms. The summed E-state index contributed by atoms with van der Waals surface area (Å²) in [5, 5.41) is 0. The number of carbonyl (C=O) groups excluding carboxylic acids is 1. The van der Waals surface area contributed by atoms with Crippen LogP contribution in [0.1, 0.15) is 19.3 Å². The van der Waals surface area contributed by atoms with Crippen molar-refractivity contribution in [1.82, 2.24) is 4.90 Å². The fourth-order valence-electron chi connectivity index (χ4n) is 2.61. The van der Waals surface area contributed by atoms with Crippen LogP contribution in [-0.2, 0) is 9.53 Å². The third kappa shape index (κ3) is 1.15. The standard InChI is InChI=1S/C9H14FNO2/c1-13-8(12)9-3-2-4-11(9)6-7(10)5-9/h7H,2-6H2,1H3/t7?,9-/m0/s1. The Hall–Kier alpha value is -0.640. The number of halogens is 1. The van der Waals surface area contributed by atoms with Gasteiger partial charge in [-0.15, -0.1) is 0 Å². The van der Waals surface area contributed by atoms with Gasteiger partial charge in [0.15, 0.2) is 0 Å². The van der Waals surface area contributed by atoms with E-state index in [1.165, 1.54) is 7.11 Å². The third-order valence-corrected chi connectivity index (χ3v) is 3.17. The Morgan fingerprint density at radius 2 is 2.46 bits per heavy atom. The first-order valence-electron chi connectivity index (χ1n) is 4.66. The Balaban J connectivity index is 2.23. The van der Waals surface area contributed by atoms with Gasteiger partial charge in [0.2, 0.25) is 0 Å². The molecule has 1 unspecified atom stereocenters. The summed E-state index contributed by atoms with van der Waals surface area (Å²) in [4.78, 5) is 13.5. The zero-order chi connectivity index (χ0) is 9.47. The molecule has 2 aliphatic heterocycles. The van der Waals surface area contributed by atoms with Crippen molar-refractivity contribution in [2.45, 2.75) is 31.0 Å². The lowest BCUT2D eigenvalue weighted by Gasteiger charge is -2.27. The van der Waals surface area contributed by atoms with Crippen LogP contribution in [0.3, 0.4) is 0 Å². The molecule has 0 aromatic heterocycles. The minimum atomic E-state index is -0.862. The molecular weight excluding hydrogens is 173 g/mol. The second-order valence-corrected chi connectivity index (χ2v) is 3.87. The molecule has 0 aliphatic carbocycles. The summed E-state index contributed by atoms with van der Waals surface area (Å²) < 4.78 is 17.9. The molecule has 2 aliphatic rings. The summed E-state index contributed by atoms with van der Waals surface area (Å²) in [5.74, 6) is -0.259. The topological polar surface area (TPSA) is 29.5 Å². The highest BCUT2D eigenvalue weighted by Crippen LogP contribution is 2.40. The largest absolute Gasteiger partial charge is 0.468 e. The van der Waals surface area contributed by atoms with Gasteiger partial charge < -0.3 is 4.74 Å². The monoisotopic (exact) mass is 187 g/mol. The summed E-state index contributed by atoms with van der Waals surface area (Å²) in [6.45, 7) is 1.23. The summed E-state index contributed by atoms with van der Waals surface area (Å²) in [6.07, 6.45) is 1.18. The lowest BCUT2D eigenvalue weighted by atomic mass is 9.94. The minimum absolute atomic E-state index is 0.259. The maximum atomic E-state index is 13.1. The van der Waals surface area contributed by atoms with Gasteiger partial charge in [-0.1, -0.05) is 0 Å². The number of alkyl halides is 1. The summed E-state index contributed by atoms with van der Waals surface area (Å²) in [6, 6.07) is 0. The number of rotatable bonds is 1. The molecule has 0 saturated carbocycles. The van der Waals surface area contributed by atoms with Crippen molar-refractivity contribution in [3.05, 3.63) is 0 Å². The maximum Gasteiger partial charge on any atom is 0.326 e. The molecule has 4 heteroatoms. The van der Waals surface area contributed by atoms with Crippen LogP contribution >= 0.6 is 0 Å². The van der Waals surface area contributed by atoms with Gasteiger partial charge in [-0.05, 0) is 19.4 Å². The zero-order valence-corrected chi connectivity index (χ0v) is 7.75. The van der Waals surface area contributed by atoms with Crippen LogP contribution in [0.4, 0.5) is 4.39 Å². The molecule has 2 atom stereocenters. The second-order valence-electron chi connectivity index (χ2n) is 3.87. The lowest BCUT2D eigenvalue weighted by molar-refractivity contribution is -0.151. The normalized spacial score (nSPS) is 39.1. The maximum absolute atomic E-state index is 13.1. The smallest absolute Gasteiger partial charge is 0.326 e. The first kappa shape index (κ1) is 8.94. The number of fused-ring (bicyclic) bond motifs is 1. The second kappa shape index (κ2) is 2.94. The van der Waals surface area contributed by atoms with Crippen LogP contribution < -0.4 is 0 Å². The number of hydrogen-bond donors (Lipinski definition) is 0. The first-order valence-corrected chi connectivity index (χ1v) is 4.66. The highest BCUT2D eigenvalue weighted by atomic mass is 19.1. The first-order chi connectivity index (χ1) is 6.19. The van der Waals surface area contributed by atoms with Gasteiger partial charge in [-0.25, -0.2) is 4.39 Å². The molecule has 0 radical (unpaired) electrons. The molecule has 0 spiro atoms. The van der Waals surface area contributed by atoms with Crippen LogP contribution in [0, 0.1) is 0 Å². The van der Waals surface area contributed by atoms with E-state index in [-0.39, 0.29) is 5.97 Å². The number of methoxy groups -OCH3 is 1. The van der Waals surface area contributed by atoms with Crippen molar-refractivity contribution in [1.29, 1.82) is 0 Å². The Morgan fingerprint density at radius 1 is 1.69 bits per heavy atom. The Kier molecular flexibility index (Phi) is 2.02. The minimum Gasteiger partial charge on any atom is -0.468 e. The summed E-state index contributed by atoms with van der Waals surface area (Å²) in [5.41, 5.74) is -0.617. The molecule has 13 heavy (non-hydrogen) atoms. The zero-order valence-electron chi connectivity index (χ0n) is 7.75. The van der Waals surface area contributed by atoms with E-state index in [0.717, 1.165) is 19.4 Å². The van der Waals surface area contributed by atoms with E-state index in [9.17, 15) is 9.18 Å². The fourth-order valence-corrected chi connectivity index (χ4v) is 2.61. The third-order valence-electron chi connectivity index (χ3n) is 3.17. The van der Waals surface area contributed by atoms with Crippen LogP contribution in [0.15, 0.2) is 0 Å². The lowest BCUT2D eigenvalue weighted by Crippen LogP contribution is -2.46. The molecule has 0 aromatic carbocycles. The molecule has 2 heterocycles. The van der Waals surface area contributed by atoms with E-state index in [4.69, 9.17) is 4.74 Å². The molecular formula is C9H14FNO2. The van der Waals surface area contributed by atoms with E-state index in [0.29, 0.717) is 13.0 Å². The number of carbonyl (C=O) groups is 1. The van der Waals surface area contributed by atoms with Crippen molar-refractivity contribution in [3.8, 4) is 0 Å². The van der Waals surface area contributed by atoms with Gasteiger partial charge >= 0.3 is 5.97 Å². The molecule has 0 aromatic rings. The molecule has 2 rings (SSSR count). The van der Waals surface area contributed by atoms with Crippen molar-refractivity contribution in [2.24, 2.45) is 0 Å². The van der Waals surface area contributed by atoms with Gasteiger partial charge in [0.05, 0.1) is 7.11 Å². The van der Waals surface area contributed by atoms with E-state index < -0.39 is 11.7 Å².